The van der Waals surface area contributed by atoms with E-state index in [9.17, 15) is 13.2 Å². The first-order valence-electron chi connectivity index (χ1n) is 10.7. The maximum absolute atomic E-state index is 13.0. The molecule has 0 radical (unpaired) electrons. The summed E-state index contributed by atoms with van der Waals surface area (Å²) in [4.78, 5) is 23.8. The van der Waals surface area contributed by atoms with E-state index in [2.05, 4.69) is 24.8 Å². The molecule has 0 aliphatic carbocycles. The van der Waals surface area contributed by atoms with Gasteiger partial charge in [0.15, 0.2) is 0 Å². The number of pyridine rings is 3. The van der Waals surface area contributed by atoms with Gasteiger partial charge >= 0.3 is 6.18 Å². The summed E-state index contributed by atoms with van der Waals surface area (Å²) in [7, 11) is 0. The van der Waals surface area contributed by atoms with Crippen LogP contribution in [0.15, 0.2) is 48.9 Å². The van der Waals surface area contributed by atoms with Crippen molar-refractivity contribution < 1.29 is 17.9 Å². The Labute approximate surface area is 193 Å². The molecule has 10 heteroatoms. The third kappa shape index (κ3) is 4.41. The first-order valence-corrected chi connectivity index (χ1v) is 10.7. The van der Waals surface area contributed by atoms with Gasteiger partial charge in [0.1, 0.15) is 28.8 Å². The summed E-state index contributed by atoms with van der Waals surface area (Å²) >= 11 is 0. The van der Waals surface area contributed by atoms with E-state index in [4.69, 9.17) is 9.72 Å². The smallest absolute Gasteiger partial charge is 0.370 e. The van der Waals surface area contributed by atoms with Crippen LogP contribution in [0.25, 0.3) is 22.3 Å². The molecule has 7 nitrogen and oxygen atoms in total. The number of aryl methyl sites for hydroxylation is 2. The molecule has 34 heavy (non-hydrogen) atoms. The van der Waals surface area contributed by atoms with Gasteiger partial charge in [-0.25, -0.2) is 9.97 Å². The van der Waals surface area contributed by atoms with Crippen LogP contribution in [0.5, 0.6) is 0 Å². The molecule has 1 atom stereocenters. The van der Waals surface area contributed by atoms with Crippen LogP contribution in [0.2, 0.25) is 0 Å². The molecular weight excluding hydrogens is 445 g/mol. The fourth-order valence-electron chi connectivity index (χ4n) is 3.99. The molecule has 0 bridgehead atoms. The summed E-state index contributed by atoms with van der Waals surface area (Å²) in [6, 6.07) is 8.11. The van der Waals surface area contributed by atoms with E-state index in [-0.39, 0.29) is 6.10 Å². The number of fused-ring (bicyclic) bond motifs is 1. The Kier molecular flexibility index (Phi) is 5.60. The van der Waals surface area contributed by atoms with Gasteiger partial charge in [-0.05, 0) is 43.7 Å². The molecule has 0 unspecified atom stereocenters. The van der Waals surface area contributed by atoms with E-state index < -0.39 is 11.9 Å². The Morgan fingerprint density at radius 1 is 0.971 bits per heavy atom. The molecule has 4 aromatic rings. The number of rotatable bonds is 3. The van der Waals surface area contributed by atoms with Gasteiger partial charge in [0.25, 0.3) is 0 Å². The predicted molar refractivity (Wildman–Crippen MR) is 120 cm³/mol. The Morgan fingerprint density at radius 3 is 2.56 bits per heavy atom. The number of anilines is 1. The molecule has 0 amide bonds. The van der Waals surface area contributed by atoms with Gasteiger partial charge in [0, 0.05) is 49.0 Å². The molecule has 1 aliphatic rings. The van der Waals surface area contributed by atoms with E-state index in [1.54, 1.807) is 12.4 Å². The second kappa shape index (κ2) is 8.60. The maximum atomic E-state index is 13.0. The van der Waals surface area contributed by atoms with Crippen LogP contribution in [0.1, 0.15) is 28.7 Å². The van der Waals surface area contributed by atoms with Crippen molar-refractivity contribution in [3.63, 3.8) is 0 Å². The molecule has 5 rings (SSSR count). The van der Waals surface area contributed by atoms with Crippen molar-refractivity contribution >= 4 is 16.9 Å². The predicted octanol–water partition coefficient (Wildman–Crippen LogP) is 4.70. The lowest BCUT2D eigenvalue weighted by Crippen LogP contribution is -2.39. The van der Waals surface area contributed by atoms with Crippen LogP contribution in [0.3, 0.4) is 0 Å². The van der Waals surface area contributed by atoms with Crippen LogP contribution >= 0.6 is 0 Å². The molecular formula is C24H21F3N6O. The van der Waals surface area contributed by atoms with Crippen LogP contribution in [0, 0.1) is 13.8 Å². The molecule has 1 saturated heterocycles. The van der Waals surface area contributed by atoms with E-state index in [0.717, 1.165) is 23.0 Å². The zero-order valence-electron chi connectivity index (χ0n) is 18.5. The van der Waals surface area contributed by atoms with E-state index in [0.29, 0.717) is 47.8 Å². The van der Waals surface area contributed by atoms with Crippen LogP contribution in [-0.4, -0.2) is 44.6 Å². The summed E-state index contributed by atoms with van der Waals surface area (Å²) in [5.41, 5.74) is 3.70. The summed E-state index contributed by atoms with van der Waals surface area (Å²) in [5, 5.41) is 0. The molecule has 1 fully saturated rings. The number of aromatic nitrogens is 5. The highest BCUT2D eigenvalue weighted by molar-refractivity contribution is 5.91. The van der Waals surface area contributed by atoms with Crippen molar-refractivity contribution in [1.82, 2.24) is 24.9 Å². The Morgan fingerprint density at radius 2 is 1.82 bits per heavy atom. The lowest BCUT2D eigenvalue weighted by atomic mass is 10.1. The van der Waals surface area contributed by atoms with Gasteiger partial charge in [0.2, 0.25) is 0 Å². The molecule has 0 spiro atoms. The minimum Gasteiger partial charge on any atom is -0.370 e. The molecule has 0 saturated carbocycles. The van der Waals surface area contributed by atoms with Crippen molar-refractivity contribution in [3.8, 4) is 11.3 Å². The van der Waals surface area contributed by atoms with E-state index in [1.807, 2.05) is 32.0 Å². The average Bonchev–Trinajstić information content (AvgIpc) is 2.83. The highest BCUT2D eigenvalue weighted by atomic mass is 19.4. The number of hydrogen-bond acceptors (Lipinski definition) is 7. The summed E-state index contributed by atoms with van der Waals surface area (Å²) in [6.07, 6.45) is -0.123. The van der Waals surface area contributed by atoms with Crippen molar-refractivity contribution in [2.75, 3.05) is 24.6 Å². The van der Waals surface area contributed by atoms with Gasteiger partial charge < -0.3 is 9.64 Å². The first-order chi connectivity index (χ1) is 16.3. The summed E-state index contributed by atoms with van der Waals surface area (Å²) < 4.78 is 45.0. The minimum absolute atomic E-state index is 0.160. The normalized spacial score (nSPS) is 16.7. The van der Waals surface area contributed by atoms with Gasteiger partial charge in [-0.1, -0.05) is 0 Å². The number of halogens is 3. The van der Waals surface area contributed by atoms with Crippen molar-refractivity contribution in [2.24, 2.45) is 0 Å². The molecule has 174 valence electrons. The summed E-state index contributed by atoms with van der Waals surface area (Å²) in [6.45, 7) is 5.44. The zero-order valence-corrected chi connectivity index (χ0v) is 18.5. The van der Waals surface area contributed by atoms with Gasteiger partial charge in [0.05, 0.1) is 17.8 Å². The van der Waals surface area contributed by atoms with Crippen molar-refractivity contribution in [3.05, 3.63) is 71.6 Å². The molecule has 4 aromatic heterocycles. The SMILES string of the molecule is Cc1cc([C@H]2CN(c3cc4nc(C)cnc4c(-c4ccc(C(F)(F)F)nc4)n3)CCO2)ccn1. The topological polar surface area (TPSA) is 76.9 Å². The van der Waals surface area contributed by atoms with Crippen molar-refractivity contribution in [1.29, 1.82) is 0 Å². The fraction of sp³-hybridized carbons (Fsp3) is 0.292. The number of hydrogen-bond donors (Lipinski definition) is 0. The van der Waals surface area contributed by atoms with Gasteiger partial charge in [-0.2, -0.15) is 13.2 Å². The lowest BCUT2D eigenvalue weighted by Gasteiger charge is -2.34. The number of nitrogens with zero attached hydrogens (tertiary/aromatic N) is 6. The third-order valence-corrected chi connectivity index (χ3v) is 5.65. The zero-order chi connectivity index (χ0) is 23.9. The van der Waals surface area contributed by atoms with Gasteiger partial charge in [-0.15, -0.1) is 0 Å². The van der Waals surface area contributed by atoms with Crippen LogP contribution in [0.4, 0.5) is 19.0 Å². The Hall–Kier alpha value is -3.66. The Bertz CT molecular complexity index is 1340. The van der Waals surface area contributed by atoms with E-state index in [1.165, 1.54) is 12.3 Å². The first kappa shape index (κ1) is 22.1. The fourth-order valence-corrected chi connectivity index (χ4v) is 3.99. The number of alkyl halides is 3. The van der Waals surface area contributed by atoms with Crippen LogP contribution < -0.4 is 4.90 Å². The molecule has 0 aromatic carbocycles. The monoisotopic (exact) mass is 466 g/mol. The average molecular weight is 466 g/mol. The second-order valence-electron chi connectivity index (χ2n) is 8.17. The minimum atomic E-state index is -4.51. The Balaban J connectivity index is 1.55. The largest absolute Gasteiger partial charge is 0.433 e. The number of ether oxygens (including phenoxy) is 1. The maximum Gasteiger partial charge on any atom is 0.433 e. The third-order valence-electron chi connectivity index (χ3n) is 5.65. The second-order valence-corrected chi connectivity index (χ2v) is 8.17. The molecule has 1 aliphatic heterocycles. The molecule has 0 N–H and O–H groups in total. The van der Waals surface area contributed by atoms with E-state index >= 15 is 0 Å². The highest BCUT2D eigenvalue weighted by Crippen LogP contribution is 2.33. The highest BCUT2D eigenvalue weighted by Gasteiger charge is 2.32. The van der Waals surface area contributed by atoms with Gasteiger partial charge in [-0.3, -0.25) is 15.0 Å². The summed E-state index contributed by atoms with van der Waals surface area (Å²) in [5.74, 6) is 0.654. The van der Waals surface area contributed by atoms with Crippen molar-refractivity contribution in [2.45, 2.75) is 26.1 Å². The molecule has 5 heterocycles. The number of morpholine rings is 1. The van der Waals surface area contributed by atoms with Crippen LogP contribution in [-0.2, 0) is 10.9 Å². The standard InChI is InChI=1S/C24H21F3N6O/c1-14-9-16(5-6-28-14)19-13-33(7-8-34-19)21-10-18-23(30-11-15(2)31-18)22(32-21)17-3-4-20(29-12-17)24(25,26)27/h3-6,9-12,19H,7-8,13H2,1-2H3/t19-/m1/s1. The quantitative estimate of drug-likeness (QED) is 0.433. The lowest BCUT2D eigenvalue weighted by molar-refractivity contribution is -0.141.